The summed E-state index contributed by atoms with van der Waals surface area (Å²) in [5.41, 5.74) is 4.12. The van der Waals surface area contributed by atoms with Crippen LogP contribution in [0.5, 0.6) is 0 Å². The lowest BCUT2D eigenvalue weighted by atomic mass is 10.0. The minimum absolute atomic E-state index is 0.213. The van der Waals surface area contributed by atoms with Crippen LogP contribution < -0.4 is 4.84 Å². The predicted molar refractivity (Wildman–Crippen MR) is 158 cm³/mol. The van der Waals surface area contributed by atoms with Crippen LogP contribution in [-0.2, 0) is 45.4 Å². The Labute approximate surface area is 250 Å². The zero-order valence-electron chi connectivity index (χ0n) is 23.7. The molecule has 0 spiro atoms. The molecule has 0 fully saturated rings. The molecule has 0 saturated carbocycles. The molecule has 1 aliphatic rings. The maximum Gasteiger partial charge on any atom is 0.223 e. The van der Waals surface area contributed by atoms with E-state index in [9.17, 15) is 0 Å². The molecule has 2 heterocycles. The monoisotopic (exact) mass is 578 g/mol. The summed E-state index contributed by atoms with van der Waals surface area (Å²) in [5, 5.41) is 12.3. The molecule has 0 N–H and O–H groups in total. The summed E-state index contributed by atoms with van der Waals surface area (Å²) in [6.07, 6.45) is -2.55. The molecule has 4 atom stereocenters. The number of tetrazole rings is 1. The second kappa shape index (κ2) is 14.7. The van der Waals surface area contributed by atoms with Gasteiger partial charge in [0.05, 0.1) is 33.0 Å². The molecule has 9 nitrogen and oxygen atoms in total. The van der Waals surface area contributed by atoms with Crippen molar-refractivity contribution in [2.24, 2.45) is 0 Å². The Morgan fingerprint density at radius 2 is 1.02 bits per heavy atom. The summed E-state index contributed by atoms with van der Waals surface area (Å²) in [6, 6.07) is 40.0. The van der Waals surface area contributed by atoms with Gasteiger partial charge >= 0.3 is 0 Å². The van der Waals surface area contributed by atoms with Gasteiger partial charge in [0.1, 0.15) is 12.2 Å². The molecule has 0 amide bonds. The van der Waals surface area contributed by atoms with Crippen molar-refractivity contribution in [3.8, 4) is 0 Å². The number of aromatic nitrogens is 4. The molecular weight excluding hydrogens is 544 g/mol. The summed E-state index contributed by atoms with van der Waals surface area (Å²) in [4.78, 5) is 7.69. The van der Waals surface area contributed by atoms with E-state index in [1.165, 1.54) is 4.85 Å². The van der Waals surface area contributed by atoms with Gasteiger partial charge in [0.25, 0.3) is 0 Å². The highest BCUT2D eigenvalue weighted by Crippen LogP contribution is 2.32. The van der Waals surface area contributed by atoms with E-state index in [1.807, 2.05) is 121 Å². The van der Waals surface area contributed by atoms with Gasteiger partial charge in [-0.05, 0) is 32.7 Å². The van der Waals surface area contributed by atoms with E-state index in [2.05, 4.69) is 15.5 Å². The Hall–Kier alpha value is -4.41. The van der Waals surface area contributed by atoms with Crippen LogP contribution in [0.25, 0.3) is 0 Å². The molecule has 1 aromatic heterocycles. The number of nitrogens with zero attached hydrogens (tertiary/aromatic N) is 4. The van der Waals surface area contributed by atoms with Gasteiger partial charge in [0.2, 0.25) is 5.82 Å². The van der Waals surface area contributed by atoms with Crippen molar-refractivity contribution >= 4 is 0 Å². The summed E-state index contributed by atoms with van der Waals surface area (Å²) in [7, 11) is 0. The van der Waals surface area contributed by atoms with Gasteiger partial charge in [-0.25, -0.2) is 0 Å². The molecule has 0 radical (unpaired) electrons. The molecule has 9 heteroatoms. The number of ether oxygens (including phenoxy) is 4. The Morgan fingerprint density at radius 3 is 1.56 bits per heavy atom. The zero-order chi connectivity index (χ0) is 29.1. The average Bonchev–Trinajstić information content (AvgIpc) is 3.48. The third-order valence-electron chi connectivity index (χ3n) is 7.18. The number of fused-ring (bicyclic) bond motifs is 1. The van der Waals surface area contributed by atoms with Gasteiger partial charge in [0, 0.05) is 0 Å². The van der Waals surface area contributed by atoms with Gasteiger partial charge in [-0.2, -0.15) is 0 Å². The lowest BCUT2D eigenvalue weighted by molar-refractivity contribution is -0.186. The van der Waals surface area contributed by atoms with Crippen molar-refractivity contribution < 1.29 is 23.8 Å². The fourth-order valence-corrected chi connectivity index (χ4v) is 4.99. The van der Waals surface area contributed by atoms with Crippen molar-refractivity contribution in [1.82, 2.24) is 20.4 Å². The van der Waals surface area contributed by atoms with Crippen molar-refractivity contribution in [2.45, 2.75) is 50.8 Å². The Morgan fingerprint density at radius 1 is 0.558 bits per heavy atom. The van der Waals surface area contributed by atoms with Crippen LogP contribution in [0, 0.1) is 0 Å². The predicted octanol–water partition coefficient (Wildman–Crippen LogP) is 5.13. The van der Waals surface area contributed by atoms with Gasteiger partial charge in [-0.1, -0.05) is 126 Å². The first kappa shape index (κ1) is 28.7. The molecule has 43 heavy (non-hydrogen) atoms. The lowest BCUT2D eigenvalue weighted by Crippen LogP contribution is -2.48. The molecule has 0 unspecified atom stereocenters. The summed E-state index contributed by atoms with van der Waals surface area (Å²) in [5.74, 6) is 0.396. The number of benzene rings is 4. The Balaban J connectivity index is 1.31. The summed E-state index contributed by atoms with van der Waals surface area (Å²) >= 11 is 0. The van der Waals surface area contributed by atoms with E-state index in [1.54, 1.807) is 0 Å². The Bertz CT molecular complexity index is 1510. The van der Waals surface area contributed by atoms with E-state index in [0.717, 1.165) is 22.3 Å². The van der Waals surface area contributed by atoms with Crippen molar-refractivity contribution in [3.05, 3.63) is 149 Å². The van der Waals surface area contributed by atoms with Crippen LogP contribution in [0.15, 0.2) is 121 Å². The molecule has 220 valence electrons. The zero-order valence-corrected chi connectivity index (χ0v) is 23.7. The Kier molecular flexibility index (Phi) is 9.78. The smallest absolute Gasteiger partial charge is 0.223 e. The van der Waals surface area contributed by atoms with Crippen LogP contribution in [0.4, 0.5) is 0 Å². The molecule has 6 rings (SSSR count). The number of rotatable bonds is 13. The highest BCUT2D eigenvalue weighted by atomic mass is 16.7. The lowest BCUT2D eigenvalue weighted by Gasteiger charge is -2.33. The molecule has 0 aliphatic carbocycles. The summed E-state index contributed by atoms with van der Waals surface area (Å²) < 4.78 is 26.1. The average molecular weight is 579 g/mol. The van der Waals surface area contributed by atoms with E-state index < -0.39 is 24.4 Å². The van der Waals surface area contributed by atoms with Crippen LogP contribution >= 0.6 is 0 Å². The first-order chi connectivity index (χ1) is 21.3. The first-order valence-electron chi connectivity index (χ1n) is 14.4. The van der Waals surface area contributed by atoms with Crippen molar-refractivity contribution in [2.75, 3.05) is 6.61 Å². The molecule has 5 aromatic rings. The van der Waals surface area contributed by atoms with Gasteiger partial charge in [-0.15, -0.1) is 5.10 Å². The molecule has 0 bridgehead atoms. The van der Waals surface area contributed by atoms with Gasteiger partial charge in [0.15, 0.2) is 12.2 Å². The third kappa shape index (κ3) is 7.71. The first-order valence-corrected chi connectivity index (χ1v) is 14.4. The number of hydrogen-bond donors (Lipinski definition) is 0. The summed E-state index contributed by atoms with van der Waals surface area (Å²) in [6.45, 7) is 1.63. The van der Waals surface area contributed by atoms with Gasteiger partial charge in [-0.3, -0.25) is 0 Å². The highest BCUT2D eigenvalue weighted by Gasteiger charge is 2.46. The maximum atomic E-state index is 6.68. The van der Waals surface area contributed by atoms with Crippen LogP contribution in [-0.4, -0.2) is 45.3 Å². The molecule has 4 aromatic carbocycles. The van der Waals surface area contributed by atoms with Crippen LogP contribution in [0.2, 0.25) is 0 Å². The quantitative estimate of drug-likeness (QED) is 0.190. The third-order valence-corrected chi connectivity index (χ3v) is 7.18. The topological polar surface area (TPSA) is 89.8 Å². The standard InChI is InChI=1S/C34H34N4O5/c1-5-13-26(14-6-1)21-39-25-30-31(40-22-27-15-7-2-8-16-27)32(41-23-28-17-9-3-10-18-28)33(34-35-36-37-38(34)43-30)42-24-29-19-11-4-12-20-29/h1-20,30-33H,21-25H2/t30-,31+,32+,33-/m1/s1. The fourth-order valence-electron chi connectivity index (χ4n) is 4.99. The fraction of sp³-hybridized carbons (Fsp3) is 0.265. The van der Waals surface area contributed by atoms with Crippen molar-refractivity contribution in [3.63, 3.8) is 0 Å². The van der Waals surface area contributed by atoms with Crippen molar-refractivity contribution in [1.29, 1.82) is 0 Å². The van der Waals surface area contributed by atoms with Crippen LogP contribution in [0.3, 0.4) is 0 Å². The minimum Gasteiger partial charge on any atom is -0.385 e. The second-order valence-electron chi connectivity index (χ2n) is 10.3. The second-order valence-corrected chi connectivity index (χ2v) is 10.3. The highest BCUT2D eigenvalue weighted by molar-refractivity contribution is 5.16. The number of hydrogen-bond acceptors (Lipinski definition) is 8. The van der Waals surface area contributed by atoms with E-state index in [4.69, 9.17) is 23.8 Å². The molecule has 0 saturated heterocycles. The van der Waals surface area contributed by atoms with Gasteiger partial charge < -0.3 is 23.8 Å². The normalized spacial score (nSPS) is 19.7. The van der Waals surface area contributed by atoms with E-state index in [-0.39, 0.29) is 6.61 Å². The van der Waals surface area contributed by atoms with E-state index in [0.29, 0.717) is 32.3 Å². The molecule has 1 aliphatic heterocycles. The minimum atomic E-state index is -0.696. The largest absolute Gasteiger partial charge is 0.385 e. The SMILES string of the molecule is c1ccc(COC[C@H]2On3nnnc3[C@H](OCc3ccccc3)[C@@H](OCc3ccccc3)[C@H]2OCc2ccccc2)cc1. The molecular formula is C34H34N4O5. The maximum absolute atomic E-state index is 6.68. The van der Waals surface area contributed by atoms with Crippen LogP contribution in [0.1, 0.15) is 34.2 Å². The van der Waals surface area contributed by atoms with E-state index >= 15 is 0 Å².